The normalized spacial score (nSPS) is 15.1. The SMILES string of the molecule is CCCCC(C)(PCl)c1cc(C(C)(C)C)cc(C)c1OCOC. The van der Waals surface area contributed by atoms with Gasteiger partial charge in [0, 0.05) is 17.8 Å². The van der Waals surface area contributed by atoms with Crippen LogP contribution in [0, 0.1) is 6.92 Å². The summed E-state index contributed by atoms with van der Waals surface area (Å²) in [4.78, 5) is 0. The van der Waals surface area contributed by atoms with Gasteiger partial charge in [-0.2, -0.15) is 0 Å². The maximum atomic E-state index is 6.44. The first kappa shape index (κ1) is 20.7. The molecule has 0 amide bonds. The zero-order chi connectivity index (χ0) is 17.7. The lowest BCUT2D eigenvalue weighted by Crippen LogP contribution is -2.20. The van der Waals surface area contributed by atoms with Crippen molar-refractivity contribution in [1.29, 1.82) is 0 Å². The molecule has 0 saturated heterocycles. The van der Waals surface area contributed by atoms with E-state index in [4.69, 9.17) is 20.7 Å². The molecular formula is C19H32ClO2P. The molecule has 2 atom stereocenters. The third kappa shape index (κ3) is 5.34. The number of hydrogen-bond donors (Lipinski definition) is 0. The highest BCUT2D eigenvalue weighted by molar-refractivity contribution is 7.69. The fraction of sp³-hybridized carbons (Fsp3) is 0.684. The Balaban J connectivity index is 3.46. The fourth-order valence-corrected chi connectivity index (χ4v) is 3.84. The summed E-state index contributed by atoms with van der Waals surface area (Å²) in [6.45, 7) is 13.6. The van der Waals surface area contributed by atoms with Crippen LogP contribution in [0.2, 0.25) is 0 Å². The monoisotopic (exact) mass is 358 g/mol. The van der Waals surface area contributed by atoms with Gasteiger partial charge in [-0.05, 0) is 37.8 Å². The number of aryl methyl sites for hydroxylation is 1. The summed E-state index contributed by atoms with van der Waals surface area (Å²) in [7, 11) is 1.97. The largest absolute Gasteiger partial charge is 0.467 e. The molecule has 1 aromatic carbocycles. The molecule has 2 nitrogen and oxygen atoms in total. The van der Waals surface area contributed by atoms with E-state index in [1.54, 1.807) is 7.11 Å². The standard InChI is InChI=1S/C19H32ClO2P/c1-8-9-10-19(6,23-20)16-12-15(18(3,4)5)11-14(2)17(16)22-13-21-7/h11-12,23H,8-10,13H2,1-7H3. The fourth-order valence-electron chi connectivity index (χ4n) is 2.69. The van der Waals surface area contributed by atoms with Crippen LogP contribution >= 0.6 is 19.2 Å². The zero-order valence-electron chi connectivity index (χ0n) is 15.7. The van der Waals surface area contributed by atoms with Gasteiger partial charge in [-0.3, -0.25) is 0 Å². The Labute approximate surface area is 148 Å². The summed E-state index contributed by atoms with van der Waals surface area (Å²) in [6.07, 6.45) is 3.41. The van der Waals surface area contributed by atoms with Crippen molar-refractivity contribution in [2.75, 3.05) is 13.9 Å². The Bertz CT molecular complexity index is 511. The zero-order valence-corrected chi connectivity index (χ0v) is 17.4. The van der Waals surface area contributed by atoms with Crippen LogP contribution < -0.4 is 4.74 Å². The summed E-state index contributed by atoms with van der Waals surface area (Å²) in [5, 5.41) is -0.0628. The second-order valence-electron chi connectivity index (χ2n) is 7.50. The van der Waals surface area contributed by atoms with Gasteiger partial charge < -0.3 is 9.47 Å². The first-order valence-electron chi connectivity index (χ1n) is 8.34. The Morgan fingerprint density at radius 2 is 1.83 bits per heavy atom. The van der Waals surface area contributed by atoms with Crippen LogP contribution in [0.25, 0.3) is 0 Å². The van der Waals surface area contributed by atoms with E-state index in [1.807, 2.05) is 0 Å². The molecule has 0 heterocycles. The van der Waals surface area contributed by atoms with Crippen molar-refractivity contribution in [1.82, 2.24) is 0 Å². The Kier molecular flexibility index (Phi) is 7.84. The topological polar surface area (TPSA) is 18.5 Å². The average Bonchev–Trinajstić information content (AvgIpc) is 2.49. The molecule has 0 bridgehead atoms. The quantitative estimate of drug-likeness (QED) is 0.389. The van der Waals surface area contributed by atoms with Crippen molar-refractivity contribution in [3.63, 3.8) is 0 Å². The molecule has 0 fully saturated rings. The lowest BCUT2D eigenvalue weighted by atomic mass is 9.82. The average molecular weight is 359 g/mol. The molecule has 132 valence electrons. The van der Waals surface area contributed by atoms with E-state index < -0.39 is 0 Å². The lowest BCUT2D eigenvalue weighted by molar-refractivity contribution is 0.0495. The minimum absolute atomic E-state index is 0.0628. The summed E-state index contributed by atoms with van der Waals surface area (Å²) in [6, 6.07) is 4.52. The molecule has 2 unspecified atom stereocenters. The van der Waals surface area contributed by atoms with Gasteiger partial charge in [-0.15, -0.1) is 0 Å². The van der Waals surface area contributed by atoms with E-state index in [9.17, 15) is 0 Å². The predicted octanol–water partition coefficient (Wildman–Crippen LogP) is 6.51. The van der Waals surface area contributed by atoms with Crippen LogP contribution in [0.5, 0.6) is 5.75 Å². The minimum Gasteiger partial charge on any atom is -0.467 e. The number of ether oxygens (including phenoxy) is 2. The van der Waals surface area contributed by atoms with Crippen LogP contribution in [0.4, 0.5) is 0 Å². The van der Waals surface area contributed by atoms with Gasteiger partial charge in [0.1, 0.15) is 5.75 Å². The molecule has 0 aliphatic rings. The molecule has 4 heteroatoms. The van der Waals surface area contributed by atoms with Gasteiger partial charge >= 0.3 is 0 Å². The number of halogens is 1. The number of methoxy groups -OCH3 is 1. The van der Waals surface area contributed by atoms with Crippen LogP contribution in [-0.4, -0.2) is 13.9 Å². The van der Waals surface area contributed by atoms with E-state index in [0.29, 0.717) is 7.93 Å². The summed E-state index contributed by atoms with van der Waals surface area (Å²) in [5.41, 5.74) is 3.80. The second-order valence-corrected chi connectivity index (χ2v) is 9.36. The van der Waals surface area contributed by atoms with Gasteiger partial charge in [0.15, 0.2) is 6.79 Å². The van der Waals surface area contributed by atoms with Crippen LogP contribution in [0.1, 0.15) is 70.6 Å². The second kappa shape index (κ2) is 8.70. The van der Waals surface area contributed by atoms with Crippen molar-refractivity contribution < 1.29 is 9.47 Å². The molecule has 0 saturated carbocycles. The van der Waals surface area contributed by atoms with Crippen molar-refractivity contribution in [3.8, 4) is 5.75 Å². The van der Waals surface area contributed by atoms with Gasteiger partial charge in [-0.1, -0.05) is 70.8 Å². The summed E-state index contributed by atoms with van der Waals surface area (Å²) < 4.78 is 11.1. The minimum atomic E-state index is -0.0628. The number of unbranched alkanes of at least 4 members (excludes halogenated alkanes) is 1. The van der Waals surface area contributed by atoms with Crippen molar-refractivity contribution in [3.05, 3.63) is 28.8 Å². The maximum Gasteiger partial charge on any atom is 0.188 e. The number of rotatable bonds is 8. The van der Waals surface area contributed by atoms with Crippen molar-refractivity contribution in [2.45, 2.75) is 71.4 Å². The number of benzene rings is 1. The number of hydrogen-bond acceptors (Lipinski definition) is 2. The smallest absolute Gasteiger partial charge is 0.188 e. The van der Waals surface area contributed by atoms with Gasteiger partial charge in [-0.25, -0.2) is 0 Å². The molecule has 1 aromatic rings. The summed E-state index contributed by atoms with van der Waals surface area (Å²) in [5.74, 6) is 0.937. The molecule has 0 aliphatic carbocycles. The van der Waals surface area contributed by atoms with Crippen LogP contribution in [0.3, 0.4) is 0 Å². The van der Waals surface area contributed by atoms with Gasteiger partial charge in [0.05, 0.1) is 0 Å². The first-order chi connectivity index (χ1) is 10.7. The lowest BCUT2D eigenvalue weighted by Gasteiger charge is -2.32. The van der Waals surface area contributed by atoms with Crippen LogP contribution in [-0.2, 0) is 15.3 Å². The molecule has 0 radical (unpaired) electrons. The van der Waals surface area contributed by atoms with E-state index >= 15 is 0 Å². The van der Waals surface area contributed by atoms with E-state index in [1.165, 1.54) is 24.0 Å². The predicted molar refractivity (Wildman–Crippen MR) is 103 cm³/mol. The third-order valence-electron chi connectivity index (χ3n) is 4.30. The molecular weight excluding hydrogens is 327 g/mol. The van der Waals surface area contributed by atoms with Gasteiger partial charge in [0.2, 0.25) is 0 Å². The Morgan fingerprint density at radius 3 is 2.30 bits per heavy atom. The van der Waals surface area contributed by atoms with Crippen LogP contribution in [0.15, 0.2) is 12.1 Å². The first-order valence-corrected chi connectivity index (χ1v) is 10.4. The highest BCUT2D eigenvalue weighted by Crippen LogP contribution is 2.52. The van der Waals surface area contributed by atoms with Crippen molar-refractivity contribution >= 4 is 19.2 Å². The highest BCUT2D eigenvalue weighted by atomic mass is 35.7. The van der Waals surface area contributed by atoms with E-state index in [-0.39, 0.29) is 17.4 Å². The van der Waals surface area contributed by atoms with E-state index in [2.05, 4.69) is 53.7 Å². The summed E-state index contributed by atoms with van der Waals surface area (Å²) >= 11 is 6.44. The maximum absolute atomic E-state index is 6.44. The molecule has 0 spiro atoms. The molecule has 23 heavy (non-hydrogen) atoms. The van der Waals surface area contributed by atoms with E-state index in [0.717, 1.165) is 17.7 Å². The molecule has 0 N–H and O–H groups in total. The Morgan fingerprint density at radius 1 is 1.17 bits per heavy atom. The van der Waals surface area contributed by atoms with Crippen molar-refractivity contribution in [2.24, 2.45) is 0 Å². The highest BCUT2D eigenvalue weighted by Gasteiger charge is 2.31. The molecule has 1 rings (SSSR count). The molecule has 0 aromatic heterocycles. The third-order valence-corrected chi connectivity index (χ3v) is 6.48. The molecule has 0 aliphatic heterocycles. The Hall–Kier alpha value is -0.300. The van der Waals surface area contributed by atoms with Gasteiger partial charge in [0.25, 0.3) is 0 Å².